The van der Waals surface area contributed by atoms with E-state index in [9.17, 15) is 9.59 Å². The molecule has 1 N–H and O–H groups in total. The number of nitrogens with zero attached hydrogens (tertiary/aromatic N) is 1. The van der Waals surface area contributed by atoms with Crippen molar-refractivity contribution in [1.82, 2.24) is 10.2 Å². The fourth-order valence-electron chi connectivity index (χ4n) is 3.07. The fourth-order valence-corrected chi connectivity index (χ4v) is 3.07. The lowest BCUT2D eigenvalue weighted by molar-refractivity contribution is -0.128. The van der Waals surface area contributed by atoms with Gasteiger partial charge >= 0.3 is 0 Å². The summed E-state index contributed by atoms with van der Waals surface area (Å²) in [7, 11) is 0. The molecule has 130 valence electrons. The molecular formula is C21H24N2O2. The number of aryl methyl sites for hydroxylation is 1. The van der Waals surface area contributed by atoms with E-state index in [4.69, 9.17) is 0 Å². The van der Waals surface area contributed by atoms with Crippen LogP contribution in [0.1, 0.15) is 52.9 Å². The molecule has 0 aliphatic carbocycles. The zero-order valence-electron chi connectivity index (χ0n) is 14.8. The Balaban J connectivity index is 1.60. The Kier molecular flexibility index (Phi) is 5.17. The number of rotatable bonds is 5. The van der Waals surface area contributed by atoms with Crippen LogP contribution in [0.4, 0.5) is 0 Å². The van der Waals surface area contributed by atoms with Crippen molar-refractivity contribution in [3.8, 4) is 0 Å². The molecule has 3 rings (SSSR count). The van der Waals surface area contributed by atoms with Crippen LogP contribution in [0.25, 0.3) is 0 Å². The molecule has 1 atom stereocenters. The summed E-state index contributed by atoms with van der Waals surface area (Å²) in [6, 6.07) is 15.6. The average Bonchev–Trinajstić information content (AvgIpc) is 3.01. The van der Waals surface area contributed by atoms with Gasteiger partial charge in [0.15, 0.2) is 0 Å². The van der Waals surface area contributed by atoms with E-state index in [-0.39, 0.29) is 17.9 Å². The van der Waals surface area contributed by atoms with Gasteiger partial charge in [-0.1, -0.05) is 42.0 Å². The third-order valence-electron chi connectivity index (χ3n) is 4.69. The lowest BCUT2D eigenvalue weighted by Gasteiger charge is -2.16. The Morgan fingerprint density at radius 3 is 2.40 bits per heavy atom. The van der Waals surface area contributed by atoms with Crippen LogP contribution in [0.2, 0.25) is 0 Å². The first-order valence-corrected chi connectivity index (χ1v) is 8.77. The molecular weight excluding hydrogens is 312 g/mol. The largest absolute Gasteiger partial charge is 0.346 e. The van der Waals surface area contributed by atoms with Gasteiger partial charge in [-0.25, -0.2) is 0 Å². The monoisotopic (exact) mass is 336 g/mol. The molecule has 0 bridgehead atoms. The topological polar surface area (TPSA) is 49.4 Å². The van der Waals surface area contributed by atoms with Gasteiger partial charge in [0, 0.05) is 25.1 Å². The van der Waals surface area contributed by atoms with Crippen LogP contribution in [-0.4, -0.2) is 23.3 Å². The molecule has 0 saturated carbocycles. The minimum Gasteiger partial charge on any atom is -0.346 e. The van der Waals surface area contributed by atoms with Gasteiger partial charge in [-0.2, -0.15) is 0 Å². The zero-order valence-corrected chi connectivity index (χ0v) is 14.8. The van der Waals surface area contributed by atoms with Gasteiger partial charge in [0.2, 0.25) is 5.91 Å². The van der Waals surface area contributed by atoms with E-state index in [0.29, 0.717) is 18.5 Å². The molecule has 1 heterocycles. The van der Waals surface area contributed by atoms with E-state index in [1.807, 2.05) is 67.3 Å². The summed E-state index contributed by atoms with van der Waals surface area (Å²) in [6.45, 7) is 5.48. The molecule has 0 aromatic heterocycles. The van der Waals surface area contributed by atoms with Gasteiger partial charge in [0.1, 0.15) is 0 Å². The highest BCUT2D eigenvalue weighted by Crippen LogP contribution is 2.16. The van der Waals surface area contributed by atoms with Crippen LogP contribution in [-0.2, 0) is 11.3 Å². The van der Waals surface area contributed by atoms with Crippen molar-refractivity contribution >= 4 is 11.8 Å². The van der Waals surface area contributed by atoms with E-state index < -0.39 is 0 Å². The van der Waals surface area contributed by atoms with Crippen molar-refractivity contribution in [2.24, 2.45) is 0 Å². The van der Waals surface area contributed by atoms with Crippen molar-refractivity contribution in [2.75, 3.05) is 6.54 Å². The number of nitrogens with one attached hydrogen (secondary N) is 1. The minimum absolute atomic E-state index is 0.0463. The third kappa shape index (κ3) is 4.27. The van der Waals surface area contributed by atoms with Crippen LogP contribution in [0, 0.1) is 6.92 Å². The first kappa shape index (κ1) is 17.2. The molecule has 0 spiro atoms. The number of likely N-dealkylation sites (tertiary alicyclic amines) is 1. The second-order valence-electron chi connectivity index (χ2n) is 6.72. The lowest BCUT2D eigenvalue weighted by Crippen LogP contribution is -2.27. The first-order chi connectivity index (χ1) is 12.0. The molecule has 1 unspecified atom stereocenters. The summed E-state index contributed by atoms with van der Waals surface area (Å²) >= 11 is 0. The minimum atomic E-state index is -0.0862. The zero-order chi connectivity index (χ0) is 17.8. The summed E-state index contributed by atoms with van der Waals surface area (Å²) < 4.78 is 0. The average molecular weight is 336 g/mol. The predicted molar refractivity (Wildman–Crippen MR) is 98.2 cm³/mol. The molecule has 0 radical (unpaired) electrons. The van der Waals surface area contributed by atoms with Crippen molar-refractivity contribution < 1.29 is 9.59 Å². The van der Waals surface area contributed by atoms with Crippen molar-refractivity contribution in [3.05, 3.63) is 70.8 Å². The van der Waals surface area contributed by atoms with Gasteiger partial charge in [-0.15, -0.1) is 0 Å². The van der Waals surface area contributed by atoms with Gasteiger partial charge in [-0.3, -0.25) is 9.59 Å². The van der Waals surface area contributed by atoms with Crippen LogP contribution >= 0.6 is 0 Å². The summed E-state index contributed by atoms with van der Waals surface area (Å²) in [6.07, 6.45) is 1.59. The highest BCUT2D eigenvalue weighted by Gasteiger charge is 2.20. The summed E-state index contributed by atoms with van der Waals surface area (Å²) in [5, 5.41) is 3.03. The number of carbonyl (C=O) groups is 2. The van der Waals surface area contributed by atoms with Gasteiger partial charge in [0.05, 0.1) is 6.04 Å². The molecule has 1 aliphatic rings. The van der Waals surface area contributed by atoms with Crippen LogP contribution in [0.3, 0.4) is 0 Å². The number of hydrogen-bond acceptors (Lipinski definition) is 2. The van der Waals surface area contributed by atoms with E-state index >= 15 is 0 Å². The Bertz CT molecular complexity index is 750. The molecule has 1 saturated heterocycles. The molecule has 25 heavy (non-hydrogen) atoms. The van der Waals surface area contributed by atoms with Crippen molar-refractivity contribution in [2.45, 2.75) is 39.3 Å². The van der Waals surface area contributed by atoms with Crippen LogP contribution in [0.5, 0.6) is 0 Å². The number of benzene rings is 2. The molecule has 1 fully saturated rings. The highest BCUT2D eigenvalue weighted by atomic mass is 16.2. The summed E-state index contributed by atoms with van der Waals surface area (Å²) in [5.74, 6) is 0.130. The maximum atomic E-state index is 12.4. The quantitative estimate of drug-likeness (QED) is 0.907. The standard InChI is InChI=1S/C21H24N2O2/c1-15-5-9-18(10-6-15)16(2)22-21(25)19-11-7-17(8-12-19)14-23-13-3-4-20(23)24/h5-12,16H,3-4,13-14H2,1-2H3,(H,22,25). The molecule has 2 amide bonds. The molecule has 4 nitrogen and oxygen atoms in total. The summed E-state index contributed by atoms with van der Waals surface area (Å²) in [4.78, 5) is 26.0. The van der Waals surface area contributed by atoms with Gasteiger partial charge < -0.3 is 10.2 Å². The molecule has 1 aliphatic heterocycles. The smallest absolute Gasteiger partial charge is 0.251 e. The fraction of sp³-hybridized carbons (Fsp3) is 0.333. The normalized spacial score (nSPS) is 15.3. The Labute approximate surface area is 148 Å². The predicted octanol–water partition coefficient (Wildman–Crippen LogP) is 3.61. The molecule has 2 aromatic carbocycles. The summed E-state index contributed by atoms with van der Waals surface area (Å²) in [5.41, 5.74) is 3.98. The maximum Gasteiger partial charge on any atom is 0.251 e. The number of amides is 2. The van der Waals surface area contributed by atoms with Crippen LogP contribution in [0.15, 0.2) is 48.5 Å². The second-order valence-corrected chi connectivity index (χ2v) is 6.72. The molecule has 2 aromatic rings. The third-order valence-corrected chi connectivity index (χ3v) is 4.69. The number of carbonyl (C=O) groups excluding carboxylic acids is 2. The molecule has 4 heteroatoms. The second kappa shape index (κ2) is 7.51. The lowest BCUT2D eigenvalue weighted by atomic mass is 10.1. The number of hydrogen-bond donors (Lipinski definition) is 1. The van der Waals surface area contributed by atoms with E-state index in [0.717, 1.165) is 24.1 Å². The Morgan fingerprint density at radius 1 is 1.12 bits per heavy atom. The van der Waals surface area contributed by atoms with Gasteiger partial charge in [0.25, 0.3) is 5.91 Å². The Hall–Kier alpha value is -2.62. The van der Waals surface area contributed by atoms with E-state index in [1.54, 1.807) is 0 Å². The van der Waals surface area contributed by atoms with E-state index in [2.05, 4.69) is 5.32 Å². The van der Waals surface area contributed by atoms with Gasteiger partial charge in [-0.05, 0) is 43.5 Å². The first-order valence-electron chi connectivity index (χ1n) is 8.77. The maximum absolute atomic E-state index is 12.4. The van der Waals surface area contributed by atoms with Crippen molar-refractivity contribution in [1.29, 1.82) is 0 Å². The highest BCUT2D eigenvalue weighted by molar-refractivity contribution is 5.94. The Morgan fingerprint density at radius 2 is 1.80 bits per heavy atom. The van der Waals surface area contributed by atoms with E-state index in [1.165, 1.54) is 5.56 Å². The SMILES string of the molecule is Cc1ccc(C(C)NC(=O)c2ccc(CN3CCCC3=O)cc2)cc1. The van der Waals surface area contributed by atoms with Crippen LogP contribution < -0.4 is 5.32 Å². The van der Waals surface area contributed by atoms with Crippen molar-refractivity contribution in [3.63, 3.8) is 0 Å².